The van der Waals surface area contributed by atoms with E-state index >= 15 is 0 Å². The Balaban J connectivity index is 1.64. The summed E-state index contributed by atoms with van der Waals surface area (Å²) in [6.07, 6.45) is 2.91. The number of likely N-dealkylation sites (tertiary alicyclic amines) is 1. The quantitative estimate of drug-likeness (QED) is 0.916. The van der Waals surface area contributed by atoms with Crippen LogP contribution in [0.15, 0.2) is 24.3 Å². The predicted octanol–water partition coefficient (Wildman–Crippen LogP) is 1.67. The summed E-state index contributed by atoms with van der Waals surface area (Å²) < 4.78 is 0. The lowest BCUT2D eigenvalue weighted by Gasteiger charge is -2.25. The summed E-state index contributed by atoms with van der Waals surface area (Å²) in [6, 6.07) is 8.47. The minimum Gasteiger partial charge on any atom is -0.396 e. The molecule has 1 aromatic carbocycles. The molecule has 4 heteroatoms. The van der Waals surface area contributed by atoms with Crippen molar-refractivity contribution in [2.24, 2.45) is 5.92 Å². The zero-order chi connectivity index (χ0) is 14.8. The van der Waals surface area contributed by atoms with E-state index in [0.717, 1.165) is 38.0 Å². The van der Waals surface area contributed by atoms with Gasteiger partial charge in [-0.2, -0.15) is 0 Å². The molecule has 2 atom stereocenters. The minimum absolute atomic E-state index is 0.206. The number of rotatable bonds is 4. The summed E-state index contributed by atoms with van der Waals surface area (Å²) in [7, 11) is 0. The number of amides is 1. The van der Waals surface area contributed by atoms with Crippen molar-refractivity contribution in [3.8, 4) is 0 Å². The monoisotopic (exact) mass is 288 g/mol. The van der Waals surface area contributed by atoms with Crippen LogP contribution < -0.4 is 4.90 Å². The highest BCUT2D eigenvalue weighted by atomic mass is 16.3. The first kappa shape index (κ1) is 14.5. The highest BCUT2D eigenvalue weighted by molar-refractivity contribution is 5.97. The topological polar surface area (TPSA) is 43.8 Å². The number of carbonyl (C=O) groups excluding carboxylic acids is 1. The van der Waals surface area contributed by atoms with Gasteiger partial charge in [-0.25, -0.2) is 0 Å². The molecule has 114 valence electrons. The van der Waals surface area contributed by atoms with Crippen molar-refractivity contribution in [2.75, 3.05) is 31.1 Å². The highest BCUT2D eigenvalue weighted by Crippen LogP contribution is 2.32. The van der Waals surface area contributed by atoms with Gasteiger partial charge in [0.2, 0.25) is 5.91 Å². The van der Waals surface area contributed by atoms with E-state index in [0.29, 0.717) is 12.5 Å². The first-order valence-corrected chi connectivity index (χ1v) is 7.92. The molecule has 1 N–H and O–H groups in total. The molecule has 1 amide bonds. The van der Waals surface area contributed by atoms with Crippen LogP contribution in [0.3, 0.4) is 0 Å². The van der Waals surface area contributed by atoms with Gasteiger partial charge in [0.05, 0.1) is 6.54 Å². The van der Waals surface area contributed by atoms with Gasteiger partial charge in [-0.15, -0.1) is 0 Å². The standard InChI is InChI=1S/C17H24N2O2/c1-13-10-15-4-2-3-5-16(15)19(13)17(21)12-18-8-6-14(11-18)7-9-20/h2-5,13-14,20H,6-12H2,1H3. The summed E-state index contributed by atoms with van der Waals surface area (Å²) in [4.78, 5) is 16.9. The number of para-hydroxylation sites is 1. The van der Waals surface area contributed by atoms with E-state index in [1.54, 1.807) is 0 Å². The number of carbonyl (C=O) groups is 1. The second-order valence-electron chi connectivity index (χ2n) is 6.35. The molecule has 1 fully saturated rings. The molecule has 0 bridgehead atoms. The van der Waals surface area contributed by atoms with E-state index in [4.69, 9.17) is 5.11 Å². The van der Waals surface area contributed by atoms with Gasteiger partial charge in [0.25, 0.3) is 0 Å². The van der Waals surface area contributed by atoms with Crippen LogP contribution in [0.1, 0.15) is 25.3 Å². The number of nitrogens with zero attached hydrogens (tertiary/aromatic N) is 2. The van der Waals surface area contributed by atoms with Crippen LogP contribution in [0.4, 0.5) is 5.69 Å². The van der Waals surface area contributed by atoms with Crippen molar-refractivity contribution in [3.05, 3.63) is 29.8 Å². The zero-order valence-corrected chi connectivity index (χ0v) is 12.7. The van der Waals surface area contributed by atoms with Gasteiger partial charge < -0.3 is 10.0 Å². The predicted molar refractivity (Wildman–Crippen MR) is 83.3 cm³/mol. The Kier molecular flexibility index (Phi) is 4.27. The highest BCUT2D eigenvalue weighted by Gasteiger charge is 2.32. The molecule has 0 radical (unpaired) electrons. The lowest BCUT2D eigenvalue weighted by atomic mass is 10.1. The van der Waals surface area contributed by atoms with Crippen LogP contribution in [0.5, 0.6) is 0 Å². The van der Waals surface area contributed by atoms with Crippen LogP contribution in [-0.2, 0) is 11.2 Å². The van der Waals surface area contributed by atoms with Gasteiger partial charge in [-0.3, -0.25) is 9.69 Å². The van der Waals surface area contributed by atoms with Gasteiger partial charge in [-0.1, -0.05) is 18.2 Å². The van der Waals surface area contributed by atoms with E-state index < -0.39 is 0 Å². The maximum atomic E-state index is 12.7. The number of benzene rings is 1. The SMILES string of the molecule is CC1Cc2ccccc2N1C(=O)CN1CCC(CCO)C1. The smallest absolute Gasteiger partial charge is 0.241 e. The Morgan fingerprint density at radius 2 is 2.19 bits per heavy atom. The maximum Gasteiger partial charge on any atom is 0.241 e. The third-order valence-electron chi connectivity index (χ3n) is 4.74. The molecule has 1 saturated heterocycles. The first-order valence-electron chi connectivity index (χ1n) is 7.92. The van der Waals surface area contributed by atoms with Crippen LogP contribution in [0.2, 0.25) is 0 Å². The van der Waals surface area contributed by atoms with Gasteiger partial charge in [-0.05, 0) is 50.3 Å². The van der Waals surface area contributed by atoms with Crippen molar-refractivity contribution in [1.29, 1.82) is 0 Å². The summed E-state index contributed by atoms with van der Waals surface area (Å²) >= 11 is 0. The number of aliphatic hydroxyl groups is 1. The van der Waals surface area contributed by atoms with Crippen LogP contribution >= 0.6 is 0 Å². The molecular formula is C17H24N2O2. The van der Waals surface area contributed by atoms with Crippen molar-refractivity contribution in [1.82, 2.24) is 4.90 Å². The summed E-state index contributed by atoms with van der Waals surface area (Å²) in [5.41, 5.74) is 2.36. The van der Waals surface area contributed by atoms with Crippen LogP contribution in [-0.4, -0.2) is 48.2 Å². The first-order chi connectivity index (χ1) is 10.2. The van der Waals surface area contributed by atoms with Gasteiger partial charge in [0.15, 0.2) is 0 Å². The Labute approximate surface area is 126 Å². The number of hydrogen-bond acceptors (Lipinski definition) is 3. The maximum absolute atomic E-state index is 12.7. The number of hydrogen-bond donors (Lipinski definition) is 1. The van der Waals surface area contributed by atoms with Gasteiger partial charge in [0.1, 0.15) is 0 Å². The fraction of sp³-hybridized carbons (Fsp3) is 0.588. The Morgan fingerprint density at radius 1 is 1.38 bits per heavy atom. The van der Waals surface area contributed by atoms with Crippen LogP contribution in [0, 0.1) is 5.92 Å². The molecule has 0 saturated carbocycles. The molecule has 0 aromatic heterocycles. The molecule has 1 aromatic rings. The lowest BCUT2D eigenvalue weighted by Crippen LogP contribution is -2.42. The average molecular weight is 288 g/mol. The largest absolute Gasteiger partial charge is 0.396 e. The van der Waals surface area contributed by atoms with Gasteiger partial charge in [0, 0.05) is 24.9 Å². The second kappa shape index (κ2) is 6.16. The molecule has 2 aliphatic heterocycles. The average Bonchev–Trinajstić information content (AvgIpc) is 3.02. The molecule has 0 aliphatic carbocycles. The summed E-state index contributed by atoms with van der Waals surface area (Å²) in [5.74, 6) is 0.753. The van der Waals surface area contributed by atoms with Crippen molar-refractivity contribution >= 4 is 11.6 Å². The zero-order valence-electron chi connectivity index (χ0n) is 12.7. The van der Waals surface area contributed by atoms with Gasteiger partial charge >= 0.3 is 0 Å². The lowest BCUT2D eigenvalue weighted by molar-refractivity contribution is -0.119. The third-order valence-corrected chi connectivity index (χ3v) is 4.74. The Morgan fingerprint density at radius 3 is 3.00 bits per heavy atom. The van der Waals surface area contributed by atoms with Crippen molar-refractivity contribution < 1.29 is 9.90 Å². The third kappa shape index (κ3) is 2.97. The summed E-state index contributed by atoms with van der Waals surface area (Å²) in [5, 5.41) is 9.02. The molecule has 2 heterocycles. The molecule has 2 aliphatic rings. The fourth-order valence-corrected chi connectivity index (χ4v) is 3.69. The van der Waals surface area contributed by atoms with E-state index in [2.05, 4.69) is 24.0 Å². The van der Waals surface area contributed by atoms with Crippen molar-refractivity contribution in [2.45, 2.75) is 32.2 Å². The molecule has 4 nitrogen and oxygen atoms in total. The Hall–Kier alpha value is -1.39. The van der Waals surface area contributed by atoms with E-state index in [-0.39, 0.29) is 18.6 Å². The van der Waals surface area contributed by atoms with Crippen LogP contribution in [0.25, 0.3) is 0 Å². The second-order valence-corrected chi connectivity index (χ2v) is 6.35. The number of aliphatic hydroxyl groups excluding tert-OH is 1. The summed E-state index contributed by atoms with van der Waals surface area (Å²) in [6.45, 7) is 4.79. The normalized spacial score (nSPS) is 25.3. The van der Waals surface area contributed by atoms with E-state index in [1.165, 1.54) is 5.56 Å². The minimum atomic E-state index is 0.206. The fourth-order valence-electron chi connectivity index (χ4n) is 3.69. The van der Waals surface area contributed by atoms with E-state index in [9.17, 15) is 4.79 Å². The van der Waals surface area contributed by atoms with Crippen molar-refractivity contribution in [3.63, 3.8) is 0 Å². The molecule has 21 heavy (non-hydrogen) atoms. The molecular weight excluding hydrogens is 264 g/mol. The van der Waals surface area contributed by atoms with E-state index in [1.807, 2.05) is 17.0 Å². The number of anilines is 1. The molecule has 3 rings (SSSR count). The molecule has 2 unspecified atom stereocenters. The number of fused-ring (bicyclic) bond motifs is 1. The Bertz CT molecular complexity index is 517. The molecule has 0 spiro atoms.